The number of ether oxygens (including phenoxy) is 3. The molecule has 0 fully saturated rings. The van der Waals surface area contributed by atoms with Crippen molar-refractivity contribution < 1.29 is 53.3 Å². The van der Waals surface area contributed by atoms with E-state index < -0.39 is 47.2 Å². The quantitative estimate of drug-likeness (QED) is 0.0211. The maximum atomic E-state index is 12.0. The SMILES string of the molecule is CC(C)C(NC(=O)OCC1c2ccccc2-c2ccccc21)C(=O)O.NC(=O)NCCCC(N)C(=O)O.Nc1ccc(COC(=O)Oc2ccc([N+](=O)[O-])cc2)cc1. The van der Waals surface area contributed by atoms with E-state index in [9.17, 15) is 34.1 Å². The molecule has 58 heavy (non-hydrogen) atoms. The van der Waals surface area contributed by atoms with Crippen LogP contribution < -0.4 is 32.6 Å². The number of rotatable bonds is 14. The number of carboxylic acids is 2. The molecule has 0 spiro atoms. The first-order valence-electron chi connectivity index (χ1n) is 17.9. The van der Waals surface area contributed by atoms with E-state index >= 15 is 0 Å². The van der Waals surface area contributed by atoms with Crippen molar-refractivity contribution in [3.05, 3.63) is 124 Å². The van der Waals surface area contributed by atoms with Gasteiger partial charge in [0.2, 0.25) is 0 Å². The largest absolute Gasteiger partial charge is 0.514 e. The highest BCUT2D eigenvalue weighted by Gasteiger charge is 2.30. The second-order valence-corrected chi connectivity index (χ2v) is 13.0. The molecule has 0 bridgehead atoms. The molecule has 4 aromatic carbocycles. The molecule has 2 atom stereocenters. The number of anilines is 1. The van der Waals surface area contributed by atoms with Crippen LogP contribution in [0.5, 0.6) is 5.75 Å². The molecule has 18 heteroatoms. The van der Waals surface area contributed by atoms with Gasteiger partial charge in [0.05, 0.1) is 4.92 Å². The molecule has 0 saturated heterocycles. The summed E-state index contributed by atoms with van der Waals surface area (Å²) in [6.45, 7) is 4.05. The number of hydrogen-bond donors (Lipinski definition) is 7. The Kier molecular flexibility index (Phi) is 17.4. The minimum atomic E-state index is -1.07. The number of aliphatic carboxylic acids is 2. The number of urea groups is 1. The van der Waals surface area contributed by atoms with E-state index in [1.54, 1.807) is 38.1 Å². The number of nitrogen functional groups attached to an aromatic ring is 1. The Hall–Kier alpha value is -7.21. The summed E-state index contributed by atoms with van der Waals surface area (Å²) in [5.41, 5.74) is 21.3. The van der Waals surface area contributed by atoms with Crippen LogP contribution in [-0.4, -0.2) is 70.6 Å². The summed E-state index contributed by atoms with van der Waals surface area (Å²) >= 11 is 0. The Labute approximate surface area is 333 Å². The van der Waals surface area contributed by atoms with Crippen LogP contribution in [0.1, 0.15) is 49.3 Å². The number of carboxylic acid groups (broad SMARTS) is 2. The van der Waals surface area contributed by atoms with E-state index in [1.807, 2.05) is 36.4 Å². The number of benzene rings is 4. The number of amides is 3. The summed E-state index contributed by atoms with van der Waals surface area (Å²) in [4.78, 5) is 65.0. The van der Waals surface area contributed by atoms with Crippen molar-refractivity contribution in [2.24, 2.45) is 17.4 Å². The zero-order valence-corrected chi connectivity index (χ0v) is 31.7. The van der Waals surface area contributed by atoms with Crippen molar-refractivity contribution in [2.45, 2.75) is 51.3 Å². The van der Waals surface area contributed by atoms with Crippen LogP contribution in [0.25, 0.3) is 11.1 Å². The summed E-state index contributed by atoms with van der Waals surface area (Å²) in [7, 11) is 0. The van der Waals surface area contributed by atoms with E-state index in [0.717, 1.165) is 27.8 Å². The number of alkyl carbamates (subject to hydrolysis) is 1. The monoisotopic (exact) mass is 802 g/mol. The molecule has 0 radical (unpaired) electrons. The number of nitro groups is 1. The van der Waals surface area contributed by atoms with Gasteiger partial charge in [-0.05, 0) is 70.8 Å². The minimum Gasteiger partial charge on any atom is -0.480 e. The number of primary amides is 1. The van der Waals surface area contributed by atoms with Crippen LogP contribution in [0.3, 0.4) is 0 Å². The van der Waals surface area contributed by atoms with Crippen LogP contribution in [0.2, 0.25) is 0 Å². The first-order valence-corrected chi connectivity index (χ1v) is 17.9. The van der Waals surface area contributed by atoms with Crippen molar-refractivity contribution >= 4 is 41.6 Å². The number of nitrogens with one attached hydrogen (secondary N) is 2. The van der Waals surface area contributed by atoms with Crippen molar-refractivity contribution in [2.75, 3.05) is 18.9 Å². The summed E-state index contributed by atoms with van der Waals surface area (Å²) in [5.74, 6) is -2.20. The van der Waals surface area contributed by atoms with Crippen LogP contribution in [-0.2, 0) is 25.7 Å². The lowest BCUT2D eigenvalue weighted by atomic mass is 9.98. The van der Waals surface area contributed by atoms with Gasteiger partial charge >= 0.3 is 30.2 Å². The highest BCUT2D eigenvalue weighted by atomic mass is 16.7. The van der Waals surface area contributed by atoms with Crippen molar-refractivity contribution in [1.29, 1.82) is 0 Å². The third-order valence-corrected chi connectivity index (χ3v) is 8.44. The summed E-state index contributed by atoms with van der Waals surface area (Å²) in [6, 6.07) is 25.7. The average Bonchev–Trinajstić information content (AvgIpc) is 3.51. The molecular formula is C40H46N6O12. The molecule has 18 nitrogen and oxygen atoms in total. The lowest BCUT2D eigenvalue weighted by Gasteiger charge is -2.19. The molecular weight excluding hydrogens is 756 g/mol. The molecule has 0 aliphatic heterocycles. The molecule has 0 aromatic heterocycles. The average molecular weight is 803 g/mol. The molecule has 0 heterocycles. The maximum absolute atomic E-state index is 12.0. The minimum absolute atomic E-state index is 0.0412. The van der Waals surface area contributed by atoms with Gasteiger partial charge in [0, 0.05) is 30.3 Å². The number of fused-ring (bicyclic) bond motifs is 3. The molecule has 0 saturated carbocycles. The Morgan fingerprint density at radius 1 is 0.828 bits per heavy atom. The third-order valence-electron chi connectivity index (χ3n) is 8.44. The Bertz CT molecular complexity index is 1980. The fraction of sp³-hybridized carbons (Fsp3) is 0.275. The number of carbonyl (C=O) groups excluding carboxylic acids is 3. The van der Waals surface area contributed by atoms with Crippen LogP contribution in [0.4, 0.5) is 25.8 Å². The van der Waals surface area contributed by atoms with Crippen LogP contribution >= 0.6 is 0 Å². The van der Waals surface area contributed by atoms with Gasteiger partial charge < -0.3 is 52.3 Å². The molecule has 4 aromatic rings. The number of non-ortho nitro benzene ring substituents is 1. The number of nitro benzene ring substituents is 1. The highest BCUT2D eigenvalue weighted by molar-refractivity contribution is 5.81. The zero-order chi connectivity index (χ0) is 42.8. The molecule has 2 unspecified atom stereocenters. The van der Waals surface area contributed by atoms with Gasteiger partial charge in [0.15, 0.2) is 0 Å². The predicted octanol–water partition coefficient (Wildman–Crippen LogP) is 5.37. The third kappa shape index (κ3) is 14.5. The smallest absolute Gasteiger partial charge is 0.480 e. The standard InChI is InChI=1S/C20H21NO4.C14H12N2O5.C6H13N3O3/c1-12(2)18(19(22)23)21-20(24)25-11-17-15-9-5-3-7-13(15)14-8-4-6-10-16(14)17;15-11-3-1-10(2-4-11)9-20-14(17)21-13-7-5-12(6-8-13)16(18)19;7-4(5(10)11)2-1-3-9-6(8)12/h3-10,12,17-18H,11H2,1-2H3,(H,21,24)(H,22,23);1-8H,9,15H2;4H,1-3,7H2,(H,10,11)(H3,8,9,12). The fourth-order valence-corrected chi connectivity index (χ4v) is 5.46. The zero-order valence-electron chi connectivity index (χ0n) is 31.7. The first kappa shape index (κ1) is 45.2. The Balaban J connectivity index is 0.000000248. The molecule has 1 aliphatic rings. The number of hydrogen-bond acceptors (Lipinski definition) is 12. The van der Waals surface area contributed by atoms with E-state index in [4.69, 9.17) is 41.6 Å². The lowest BCUT2D eigenvalue weighted by molar-refractivity contribution is -0.384. The van der Waals surface area contributed by atoms with Gasteiger partial charge in [0.1, 0.15) is 31.0 Å². The van der Waals surface area contributed by atoms with Gasteiger partial charge in [-0.1, -0.05) is 74.5 Å². The van der Waals surface area contributed by atoms with E-state index in [-0.39, 0.29) is 36.5 Å². The molecule has 1 aliphatic carbocycles. The Morgan fingerprint density at radius 2 is 1.40 bits per heavy atom. The normalized spacial score (nSPS) is 12.1. The van der Waals surface area contributed by atoms with E-state index in [1.165, 1.54) is 24.3 Å². The van der Waals surface area contributed by atoms with Gasteiger partial charge in [-0.3, -0.25) is 14.9 Å². The highest BCUT2D eigenvalue weighted by Crippen LogP contribution is 2.44. The van der Waals surface area contributed by atoms with E-state index in [0.29, 0.717) is 25.1 Å². The van der Waals surface area contributed by atoms with Gasteiger partial charge in [-0.2, -0.15) is 0 Å². The van der Waals surface area contributed by atoms with Crippen LogP contribution in [0.15, 0.2) is 97.1 Å². The fourth-order valence-electron chi connectivity index (χ4n) is 5.46. The second-order valence-electron chi connectivity index (χ2n) is 13.0. The lowest BCUT2D eigenvalue weighted by Crippen LogP contribution is -2.44. The number of nitrogens with zero attached hydrogens (tertiary/aromatic N) is 1. The number of carbonyl (C=O) groups is 5. The Morgan fingerprint density at radius 3 is 1.90 bits per heavy atom. The molecule has 308 valence electrons. The first-order chi connectivity index (χ1) is 27.6. The predicted molar refractivity (Wildman–Crippen MR) is 212 cm³/mol. The molecule has 10 N–H and O–H groups in total. The summed E-state index contributed by atoms with van der Waals surface area (Å²) in [5, 5.41) is 32.8. The number of nitrogens with two attached hydrogens (primary N) is 3. The van der Waals surface area contributed by atoms with Crippen LogP contribution in [0, 0.1) is 16.0 Å². The maximum Gasteiger partial charge on any atom is 0.514 e. The second kappa shape index (κ2) is 22.4. The molecule has 5 rings (SSSR count). The van der Waals surface area contributed by atoms with Crippen molar-refractivity contribution in [3.8, 4) is 16.9 Å². The van der Waals surface area contributed by atoms with Gasteiger partial charge in [-0.15, -0.1) is 0 Å². The van der Waals surface area contributed by atoms with E-state index in [2.05, 4.69) is 22.8 Å². The van der Waals surface area contributed by atoms with Crippen molar-refractivity contribution in [1.82, 2.24) is 10.6 Å². The van der Waals surface area contributed by atoms with Crippen molar-refractivity contribution in [3.63, 3.8) is 0 Å². The van der Waals surface area contributed by atoms with Gasteiger partial charge in [-0.25, -0.2) is 19.2 Å². The summed E-state index contributed by atoms with van der Waals surface area (Å²) in [6.07, 6.45) is -0.755. The topological polar surface area (TPSA) is 299 Å². The molecule has 3 amide bonds. The van der Waals surface area contributed by atoms with Gasteiger partial charge in [0.25, 0.3) is 5.69 Å². The summed E-state index contributed by atoms with van der Waals surface area (Å²) < 4.78 is 15.2.